The number of hydrogen-bond donors (Lipinski definition) is 2. The number of ether oxygens (including phenoxy) is 1. The number of allylic oxidation sites excluding steroid dienone is 2. The third-order valence-corrected chi connectivity index (χ3v) is 1.09. The molecule has 0 amide bonds. The lowest BCUT2D eigenvalue weighted by Crippen LogP contribution is -2.17. The van der Waals surface area contributed by atoms with Crippen LogP contribution < -0.4 is 0 Å². The number of aliphatic hydroxyl groups excluding tert-OH is 2. The molecular weight excluding hydrogens is 144 g/mol. The maximum atomic E-state index is 8.81. The van der Waals surface area contributed by atoms with Crippen molar-refractivity contribution in [2.45, 2.75) is 13.0 Å². The molecule has 0 spiro atoms. The van der Waals surface area contributed by atoms with E-state index in [9.17, 15) is 0 Å². The van der Waals surface area contributed by atoms with Gasteiger partial charge < -0.3 is 14.9 Å². The second-order valence-electron chi connectivity index (χ2n) is 2.24. The monoisotopic (exact) mass is 158 g/mol. The first-order chi connectivity index (χ1) is 5.20. The number of aliphatic hydroxyl groups is 2. The van der Waals surface area contributed by atoms with Crippen molar-refractivity contribution in [3.05, 3.63) is 24.5 Å². The minimum absolute atomic E-state index is 0.113. The van der Waals surface area contributed by atoms with Crippen LogP contribution in [0.15, 0.2) is 24.5 Å². The second-order valence-corrected chi connectivity index (χ2v) is 2.24. The van der Waals surface area contributed by atoms with Gasteiger partial charge in [0.15, 0.2) is 0 Å². The van der Waals surface area contributed by atoms with Gasteiger partial charge in [0.25, 0.3) is 0 Å². The summed E-state index contributed by atoms with van der Waals surface area (Å²) in [5, 5.41) is 17.2. The van der Waals surface area contributed by atoms with Crippen LogP contribution in [-0.4, -0.2) is 29.5 Å². The Kier molecular flexibility index (Phi) is 5.51. The molecule has 0 heterocycles. The molecule has 1 atom stereocenters. The molecule has 0 saturated carbocycles. The Morgan fingerprint density at radius 3 is 2.82 bits per heavy atom. The van der Waals surface area contributed by atoms with Gasteiger partial charge in [-0.15, -0.1) is 0 Å². The maximum Gasteiger partial charge on any atom is 0.115 e. The van der Waals surface area contributed by atoms with Crippen molar-refractivity contribution in [2.75, 3.05) is 13.2 Å². The summed E-state index contributed by atoms with van der Waals surface area (Å²) in [6, 6.07) is 0. The zero-order valence-corrected chi connectivity index (χ0v) is 6.66. The van der Waals surface area contributed by atoms with Crippen LogP contribution in [0, 0.1) is 0 Å². The lowest BCUT2D eigenvalue weighted by Gasteiger charge is -2.05. The summed E-state index contributed by atoms with van der Waals surface area (Å²) >= 11 is 0. The fraction of sp³-hybridized carbons (Fsp3) is 0.500. The molecule has 0 aromatic rings. The van der Waals surface area contributed by atoms with Crippen LogP contribution in [0.4, 0.5) is 0 Å². The highest BCUT2D eigenvalue weighted by Crippen LogP contribution is 1.93. The van der Waals surface area contributed by atoms with E-state index in [1.807, 2.05) is 6.92 Å². The van der Waals surface area contributed by atoms with Crippen LogP contribution in [0.1, 0.15) is 6.92 Å². The van der Waals surface area contributed by atoms with Gasteiger partial charge in [-0.3, -0.25) is 0 Å². The normalized spacial score (nSPS) is 14.3. The summed E-state index contributed by atoms with van der Waals surface area (Å²) in [7, 11) is 0. The molecule has 3 nitrogen and oxygen atoms in total. The van der Waals surface area contributed by atoms with Crippen molar-refractivity contribution in [2.24, 2.45) is 0 Å². The van der Waals surface area contributed by atoms with Gasteiger partial charge >= 0.3 is 0 Å². The average Bonchev–Trinajstić information content (AvgIpc) is 2.04. The Morgan fingerprint density at radius 2 is 2.36 bits per heavy atom. The lowest BCUT2D eigenvalue weighted by molar-refractivity contribution is 0.0381. The molecule has 0 rings (SSSR count). The Hall–Kier alpha value is -0.800. The SMILES string of the molecule is C=CC(C)=COCC(O)CO. The minimum atomic E-state index is -0.802. The molecule has 0 aromatic heterocycles. The number of hydrogen-bond acceptors (Lipinski definition) is 3. The highest BCUT2D eigenvalue weighted by molar-refractivity contribution is 5.09. The predicted molar refractivity (Wildman–Crippen MR) is 43.0 cm³/mol. The number of rotatable bonds is 5. The van der Waals surface area contributed by atoms with Crippen molar-refractivity contribution < 1.29 is 14.9 Å². The van der Waals surface area contributed by atoms with E-state index >= 15 is 0 Å². The summed E-state index contributed by atoms with van der Waals surface area (Å²) < 4.78 is 4.90. The van der Waals surface area contributed by atoms with E-state index in [1.165, 1.54) is 6.26 Å². The molecule has 3 heteroatoms. The summed E-state index contributed by atoms with van der Waals surface area (Å²) in [4.78, 5) is 0. The third-order valence-electron chi connectivity index (χ3n) is 1.09. The van der Waals surface area contributed by atoms with Crippen LogP contribution in [0.3, 0.4) is 0 Å². The smallest absolute Gasteiger partial charge is 0.115 e. The van der Waals surface area contributed by atoms with E-state index in [2.05, 4.69) is 6.58 Å². The van der Waals surface area contributed by atoms with Gasteiger partial charge in [-0.1, -0.05) is 12.7 Å². The summed E-state index contributed by atoms with van der Waals surface area (Å²) in [5.74, 6) is 0. The molecule has 0 aliphatic carbocycles. The Labute approximate surface area is 66.6 Å². The van der Waals surface area contributed by atoms with Crippen LogP contribution in [0.5, 0.6) is 0 Å². The first-order valence-electron chi connectivity index (χ1n) is 3.40. The molecule has 0 bridgehead atoms. The van der Waals surface area contributed by atoms with Crippen molar-refractivity contribution in [1.82, 2.24) is 0 Å². The van der Waals surface area contributed by atoms with Crippen LogP contribution in [0.2, 0.25) is 0 Å². The van der Waals surface area contributed by atoms with E-state index < -0.39 is 6.10 Å². The van der Waals surface area contributed by atoms with Crippen LogP contribution in [0.25, 0.3) is 0 Å². The first kappa shape index (κ1) is 10.2. The second kappa shape index (κ2) is 5.95. The molecule has 2 N–H and O–H groups in total. The molecular formula is C8H14O3. The van der Waals surface area contributed by atoms with E-state index in [4.69, 9.17) is 14.9 Å². The molecule has 0 fully saturated rings. The molecule has 11 heavy (non-hydrogen) atoms. The van der Waals surface area contributed by atoms with Gasteiger partial charge in [0.05, 0.1) is 12.9 Å². The zero-order chi connectivity index (χ0) is 8.69. The van der Waals surface area contributed by atoms with E-state index in [1.54, 1.807) is 6.08 Å². The fourth-order valence-corrected chi connectivity index (χ4v) is 0.391. The summed E-state index contributed by atoms with van der Waals surface area (Å²) in [6.07, 6.45) is 2.33. The average molecular weight is 158 g/mol. The summed E-state index contributed by atoms with van der Waals surface area (Å²) in [5.41, 5.74) is 0.884. The largest absolute Gasteiger partial charge is 0.498 e. The Morgan fingerprint density at radius 1 is 1.73 bits per heavy atom. The quantitative estimate of drug-likeness (QED) is 0.451. The fourth-order valence-electron chi connectivity index (χ4n) is 0.391. The van der Waals surface area contributed by atoms with Crippen molar-refractivity contribution in [1.29, 1.82) is 0 Å². The third kappa shape index (κ3) is 5.63. The highest BCUT2D eigenvalue weighted by Gasteiger charge is 1.98. The van der Waals surface area contributed by atoms with E-state index in [-0.39, 0.29) is 13.2 Å². The standard InChI is InChI=1S/C8H14O3/c1-3-7(2)5-11-6-8(10)4-9/h3,5,8-10H,1,4,6H2,2H3. The van der Waals surface area contributed by atoms with Gasteiger partial charge in [0, 0.05) is 0 Å². The van der Waals surface area contributed by atoms with Gasteiger partial charge in [-0.05, 0) is 12.5 Å². The molecule has 64 valence electrons. The predicted octanol–water partition coefficient (Wildman–Crippen LogP) is 0.446. The van der Waals surface area contributed by atoms with E-state index in [0.29, 0.717) is 0 Å². The molecule has 0 saturated heterocycles. The first-order valence-corrected chi connectivity index (χ1v) is 3.40. The van der Waals surface area contributed by atoms with Crippen LogP contribution in [-0.2, 0) is 4.74 Å². The van der Waals surface area contributed by atoms with Gasteiger partial charge in [-0.25, -0.2) is 0 Å². The van der Waals surface area contributed by atoms with Crippen molar-refractivity contribution in [3.63, 3.8) is 0 Å². The van der Waals surface area contributed by atoms with E-state index in [0.717, 1.165) is 5.57 Å². The van der Waals surface area contributed by atoms with Crippen LogP contribution >= 0.6 is 0 Å². The highest BCUT2D eigenvalue weighted by atomic mass is 16.5. The molecule has 0 radical (unpaired) electrons. The van der Waals surface area contributed by atoms with Gasteiger partial charge in [0.2, 0.25) is 0 Å². The molecule has 0 aliphatic rings. The maximum absolute atomic E-state index is 8.81. The Bertz CT molecular complexity index is 140. The summed E-state index contributed by atoms with van der Waals surface area (Å²) in [6.45, 7) is 5.19. The van der Waals surface area contributed by atoms with Crippen molar-refractivity contribution in [3.8, 4) is 0 Å². The topological polar surface area (TPSA) is 49.7 Å². The lowest BCUT2D eigenvalue weighted by atomic mass is 10.3. The van der Waals surface area contributed by atoms with Gasteiger partial charge in [-0.2, -0.15) is 0 Å². The molecule has 0 aliphatic heterocycles. The molecule has 1 unspecified atom stereocenters. The van der Waals surface area contributed by atoms with Crippen molar-refractivity contribution >= 4 is 0 Å². The van der Waals surface area contributed by atoms with Gasteiger partial charge in [0.1, 0.15) is 12.7 Å². The Balaban J connectivity index is 3.47. The molecule has 0 aromatic carbocycles. The minimum Gasteiger partial charge on any atom is -0.498 e. The zero-order valence-electron chi connectivity index (χ0n) is 6.66.